The number of aromatic amines is 1. The molecule has 2 aromatic rings. The molecule has 0 saturated heterocycles. The number of nitrogens with one attached hydrogen (secondary N) is 2. The first-order valence-corrected chi connectivity index (χ1v) is 5.65. The van der Waals surface area contributed by atoms with E-state index in [0.29, 0.717) is 0 Å². The Balaban J connectivity index is 2.24. The smallest absolute Gasteiger partial charge is 0.335 e. The lowest BCUT2D eigenvalue weighted by molar-refractivity contribution is -0.384. The first kappa shape index (κ1) is 14.1. The Kier molecular flexibility index (Phi) is 3.57. The van der Waals surface area contributed by atoms with Gasteiger partial charge in [-0.1, -0.05) is 0 Å². The van der Waals surface area contributed by atoms with Crippen molar-refractivity contribution in [1.82, 2.24) is 4.98 Å². The highest BCUT2D eigenvalue weighted by Gasteiger charge is 2.16. The van der Waals surface area contributed by atoms with E-state index >= 15 is 0 Å². The van der Waals surface area contributed by atoms with Crippen LogP contribution >= 0.6 is 0 Å². The fourth-order valence-electron chi connectivity index (χ4n) is 1.61. The summed E-state index contributed by atoms with van der Waals surface area (Å²) >= 11 is 0. The van der Waals surface area contributed by atoms with Crippen molar-refractivity contribution < 1.29 is 19.6 Å². The second-order valence-electron chi connectivity index (χ2n) is 4.09. The predicted molar refractivity (Wildman–Crippen MR) is 73.2 cm³/mol. The van der Waals surface area contributed by atoms with Crippen LogP contribution in [0.25, 0.3) is 0 Å². The normalized spacial score (nSPS) is 10.1. The van der Waals surface area contributed by atoms with E-state index in [0.717, 1.165) is 12.3 Å². The predicted octanol–water partition coefficient (Wildman–Crippen LogP) is 1.46. The molecule has 0 aliphatic heterocycles. The summed E-state index contributed by atoms with van der Waals surface area (Å²) in [6.07, 6.45) is 1.08. The summed E-state index contributed by atoms with van der Waals surface area (Å²) in [5.74, 6) is -1.83. The molecule has 9 nitrogen and oxygen atoms in total. The van der Waals surface area contributed by atoms with Crippen LogP contribution in [0.5, 0.6) is 0 Å². The molecular weight excluding hydrogens is 280 g/mol. The second kappa shape index (κ2) is 5.33. The van der Waals surface area contributed by atoms with Gasteiger partial charge in [-0.15, -0.1) is 0 Å². The zero-order valence-electron chi connectivity index (χ0n) is 10.5. The molecule has 0 bridgehead atoms. The topological polar surface area (TPSA) is 151 Å². The van der Waals surface area contributed by atoms with E-state index < -0.39 is 16.8 Å². The zero-order chi connectivity index (χ0) is 15.6. The third-order valence-electron chi connectivity index (χ3n) is 2.67. The minimum atomic E-state index is -1.17. The number of hydrogen-bond donors (Lipinski definition) is 4. The van der Waals surface area contributed by atoms with Crippen LogP contribution in [0.2, 0.25) is 0 Å². The van der Waals surface area contributed by atoms with E-state index in [4.69, 9.17) is 10.8 Å². The Morgan fingerprint density at radius 1 is 1.33 bits per heavy atom. The quantitative estimate of drug-likeness (QED) is 0.380. The number of nitrogen functional groups attached to an aromatic ring is 1. The van der Waals surface area contributed by atoms with Crippen LogP contribution in [-0.4, -0.2) is 26.9 Å². The molecule has 2 rings (SSSR count). The number of carboxylic acids is 1. The lowest BCUT2D eigenvalue weighted by Gasteiger charge is -2.08. The van der Waals surface area contributed by atoms with Gasteiger partial charge in [-0.05, 0) is 18.2 Å². The van der Waals surface area contributed by atoms with Crippen LogP contribution in [0.15, 0.2) is 30.5 Å². The van der Waals surface area contributed by atoms with Gasteiger partial charge in [-0.25, -0.2) is 4.79 Å². The Labute approximate surface area is 117 Å². The summed E-state index contributed by atoms with van der Waals surface area (Å²) < 4.78 is 0. The number of anilines is 2. The highest BCUT2D eigenvalue weighted by Crippen LogP contribution is 2.21. The first-order chi connectivity index (χ1) is 9.88. The summed E-state index contributed by atoms with van der Waals surface area (Å²) in [5.41, 5.74) is 5.59. The summed E-state index contributed by atoms with van der Waals surface area (Å²) in [4.78, 5) is 35.1. The Morgan fingerprint density at radius 3 is 2.62 bits per heavy atom. The number of nitro groups is 1. The highest BCUT2D eigenvalue weighted by atomic mass is 16.6. The van der Waals surface area contributed by atoms with E-state index in [2.05, 4.69) is 10.3 Å². The summed E-state index contributed by atoms with van der Waals surface area (Å²) in [6.45, 7) is 0. The maximum absolute atomic E-state index is 11.9. The van der Waals surface area contributed by atoms with Crippen LogP contribution in [0.1, 0.15) is 20.8 Å². The lowest BCUT2D eigenvalue weighted by atomic mass is 10.1. The molecule has 5 N–H and O–H groups in total. The van der Waals surface area contributed by atoms with Gasteiger partial charge in [0.25, 0.3) is 11.6 Å². The van der Waals surface area contributed by atoms with Gasteiger partial charge in [0.1, 0.15) is 5.69 Å². The van der Waals surface area contributed by atoms with Gasteiger partial charge < -0.3 is 21.1 Å². The fourth-order valence-corrected chi connectivity index (χ4v) is 1.61. The van der Waals surface area contributed by atoms with Crippen molar-refractivity contribution in [3.8, 4) is 0 Å². The van der Waals surface area contributed by atoms with E-state index in [9.17, 15) is 19.7 Å². The molecule has 0 aliphatic carbocycles. The number of carbonyl (C=O) groups excluding carboxylic acids is 1. The maximum atomic E-state index is 11.9. The standard InChI is InChI=1S/C12H10N4O5/c13-8-2-1-6(12(18)19)3-9(8)15-11(17)10-4-7(5-14-10)16(20)21/h1-5,14H,13H2,(H,15,17)(H,18,19). The van der Waals surface area contributed by atoms with Gasteiger partial charge in [0.15, 0.2) is 0 Å². The highest BCUT2D eigenvalue weighted by molar-refractivity contribution is 6.05. The molecule has 0 aliphatic rings. The number of carboxylic acid groups (broad SMARTS) is 1. The van der Waals surface area contributed by atoms with Crippen molar-refractivity contribution in [3.05, 3.63) is 51.8 Å². The monoisotopic (exact) mass is 290 g/mol. The fraction of sp³-hybridized carbons (Fsp3) is 0. The summed E-state index contributed by atoms with van der Waals surface area (Å²) in [6, 6.07) is 4.91. The summed E-state index contributed by atoms with van der Waals surface area (Å²) in [7, 11) is 0. The number of amides is 1. The van der Waals surface area contributed by atoms with Crippen molar-refractivity contribution in [2.45, 2.75) is 0 Å². The van der Waals surface area contributed by atoms with Crippen LogP contribution < -0.4 is 11.1 Å². The van der Waals surface area contributed by atoms with E-state index in [1.807, 2.05) is 0 Å². The molecule has 108 valence electrons. The minimum Gasteiger partial charge on any atom is -0.478 e. The third kappa shape index (κ3) is 2.97. The number of carbonyl (C=O) groups is 2. The van der Waals surface area contributed by atoms with Crippen LogP contribution in [0, 0.1) is 10.1 Å². The number of hydrogen-bond acceptors (Lipinski definition) is 5. The number of nitrogens with zero attached hydrogens (tertiary/aromatic N) is 1. The number of benzene rings is 1. The second-order valence-corrected chi connectivity index (χ2v) is 4.09. The average Bonchev–Trinajstić information content (AvgIpc) is 2.90. The minimum absolute atomic E-state index is 0.0400. The number of aromatic carboxylic acids is 1. The molecule has 0 atom stereocenters. The Morgan fingerprint density at radius 2 is 2.05 bits per heavy atom. The molecule has 21 heavy (non-hydrogen) atoms. The van der Waals surface area contributed by atoms with Crippen molar-refractivity contribution in [2.24, 2.45) is 0 Å². The SMILES string of the molecule is Nc1ccc(C(=O)O)cc1NC(=O)c1cc([N+](=O)[O-])c[nH]1. The van der Waals surface area contributed by atoms with Gasteiger partial charge in [0.2, 0.25) is 0 Å². The lowest BCUT2D eigenvalue weighted by Crippen LogP contribution is -2.14. The molecule has 1 aromatic carbocycles. The van der Waals surface area contributed by atoms with Gasteiger partial charge >= 0.3 is 5.97 Å². The van der Waals surface area contributed by atoms with Crippen molar-refractivity contribution >= 4 is 28.9 Å². The van der Waals surface area contributed by atoms with Gasteiger partial charge in [0, 0.05) is 6.07 Å². The number of aromatic nitrogens is 1. The maximum Gasteiger partial charge on any atom is 0.335 e. The molecule has 1 amide bonds. The van der Waals surface area contributed by atoms with Gasteiger partial charge in [-0.2, -0.15) is 0 Å². The van der Waals surface area contributed by atoms with Crippen molar-refractivity contribution in [3.63, 3.8) is 0 Å². The Bertz CT molecular complexity index is 737. The average molecular weight is 290 g/mol. The summed E-state index contributed by atoms with van der Waals surface area (Å²) in [5, 5.41) is 21.8. The number of nitrogens with two attached hydrogens (primary N) is 1. The van der Waals surface area contributed by atoms with Crippen molar-refractivity contribution in [2.75, 3.05) is 11.1 Å². The van der Waals surface area contributed by atoms with Crippen molar-refractivity contribution in [1.29, 1.82) is 0 Å². The van der Waals surface area contributed by atoms with E-state index in [1.54, 1.807) is 0 Å². The molecule has 0 radical (unpaired) electrons. The van der Waals surface area contributed by atoms with Gasteiger partial charge in [-0.3, -0.25) is 14.9 Å². The zero-order valence-corrected chi connectivity index (χ0v) is 10.5. The largest absolute Gasteiger partial charge is 0.478 e. The molecule has 1 aromatic heterocycles. The van der Waals surface area contributed by atoms with Crippen LogP contribution in [0.4, 0.5) is 17.1 Å². The number of rotatable bonds is 4. The molecule has 0 spiro atoms. The van der Waals surface area contributed by atoms with Gasteiger partial charge in [0.05, 0.1) is 28.1 Å². The Hall–Kier alpha value is -3.36. The molecule has 0 unspecified atom stereocenters. The molecule has 9 heteroatoms. The van der Waals surface area contributed by atoms with Crippen LogP contribution in [-0.2, 0) is 0 Å². The molecule has 0 saturated carbocycles. The molecule has 0 fully saturated rings. The molecular formula is C12H10N4O5. The van der Waals surface area contributed by atoms with Crippen LogP contribution in [0.3, 0.4) is 0 Å². The third-order valence-corrected chi connectivity index (χ3v) is 2.67. The van der Waals surface area contributed by atoms with E-state index in [1.165, 1.54) is 18.2 Å². The van der Waals surface area contributed by atoms with E-state index in [-0.39, 0.29) is 28.3 Å². The molecule has 1 heterocycles. The number of H-pyrrole nitrogens is 1. The first-order valence-electron chi connectivity index (χ1n) is 5.65.